The van der Waals surface area contributed by atoms with Gasteiger partial charge in [0.15, 0.2) is 0 Å². The van der Waals surface area contributed by atoms with Gasteiger partial charge in [-0.15, -0.1) is 0 Å². The molecule has 1 rings (SSSR count). The van der Waals surface area contributed by atoms with Crippen LogP contribution in [0.3, 0.4) is 0 Å². The van der Waals surface area contributed by atoms with E-state index in [0.717, 1.165) is 0 Å². The van der Waals surface area contributed by atoms with Crippen LogP contribution in [0.15, 0.2) is 6.33 Å². The van der Waals surface area contributed by atoms with E-state index in [1.165, 1.54) is 13.4 Å². The van der Waals surface area contributed by atoms with E-state index in [4.69, 9.17) is 5.73 Å². The number of anilines is 2. The van der Waals surface area contributed by atoms with Crippen molar-refractivity contribution in [1.29, 1.82) is 0 Å². The van der Waals surface area contributed by atoms with Crippen molar-refractivity contribution < 1.29 is 4.79 Å². The summed E-state index contributed by atoms with van der Waals surface area (Å²) in [6.45, 7) is 0. The first-order chi connectivity index (χ1) is 6.20. The van der Waals surface area contributed by atoms with Crippen LogP contribution < -0.4 is 16.4 Å². The third-order valence-corrected chi connectivity index (χ3v) is 1.57. The highest BCUT2D eigenvalue weighted by Crippen LogP contribution is 2.15. The maximum atomic E-state index is 11.3. The molecular weight excluding hydrogens is 170 g/mol. The van der Waals surface area contributed by atoms with Crippen molar-refractivity contribution in [3.63, 3.8) is 0 Å². The molecule has 0 spiro atoms. The smallest absolute Gasteiger partial charge is 0.258 e. The second-order valence-electron chi connectivity index (χ2n) is 2.31. The van der Waals surface area contributed by atoms with Crippen LogP contribution in [0.5, 0.6) is 0 Å². The standard InChI is InChI=1S/C7H11N5O/c1-9-6-4(7(13)10-2)5(8)11-3-12-6/h3H,1-2H3,(H,10,13)(H3,8,9,11,12). The molecule has 4 N–H and O–H groups in total. The first kappa shape index (κ1) is 9.24. The second-order valence-corrected chi connectivity index (χ2v) is 2.31. The maximum Gasteiger partial charge on any atom is 0.258 e. The molecule has 1 amide bonds. The SMILES string of the molecule is CNC(=O)c1c(N)ncnc1NC. The minimum absolute atomic E-state index is 0.165. The molecule has 70 valence electrons. The largest absolute Gasteiger partial charge is 0.383 e. The van der Waals surface area contributed by atoms with Gasteiger partial charge in [-0.1, -0.05) is 0 Å². The summed E-state index contributed by atoms with van der Waals surface area (Å²) in [5.74, 6) is 0.285. The van der Waals surface area contributed by atoms with Gasteiger partial charge in [0.05, 0.1) is 0 Å². The third kappa shape index (κ3) is 1.66. The normalized spacial score (nSPS) is 9.38. The van der Waals surface area contributed by atoms with Crippen molar-refractivity contribution in [2.75, 3.05) is 25.1 Å². The highest BCUT2D eigenvalue weighted by Gasteiger charge is 2.14. The number of hydrogen-bond donors (Lipinski definition) is 3. The molecule has 0 aliphatic rings. The van der Waals surface area contributed by atoms with E-state index in [0.29, 0.717) is 5.82 Å². The minimum Gasteiger partial charge on any atom is -0.383 e. The van der Waals surface area contributed by atoms with Gasteiger partial charge in [-0.3, -0.25) is 4.79 Å². The van der Waals surface area contributed by atoms with Crippen molar-refractivity contribution in [2.45, 2.75) is 0 Å². The maximum absolute atomic E-state index is 11.3. The lowest BCUT2D eigenvalue weighted by Crippen LogP contribution is -2.22. The summed E-state index contributed by atoms with van der Waals surface area (Å²) >= 11 is 0. The van der Waals surface area contributed by atoms with Gasteiger partial charge < -0.3 is 16.4 Å². The predicted molar refractivity (Wildman–Crippen MR) is 49.4 cm³/mol. The summed E-state index contributed by atoms with van der Waals surface area (Å²) in [7, 11) is 3.18. The fourth-order valence-electron chi connectivity index (χ4n) is 0.938. The van der Waals surface area contributed by atoms with Gasteiger partial charge in [0.25, 0.3) is 5.91 Å². The molecule has 1 aromatic rings. The number of rotatable bonds is 2. The third-order valence-electron chi connectivity index (χ3n) is 1.57. The van der Waals surface area contributed by atoms with E-state index in [1.807, 2.05) is 0 Å². The molecule has 0 fully saturated rings. The first-order valence-corrected chi connectivity index (χ1v) is 3.71. The molecule has 0 unspecified atom stereocenters. The van der Waals surface area contributed by atoms with Crippen LogP contribution in [0, 0.1) is 0 Å². The number of amides is 1. The molecule has 6 nitrogen and oxygen atoms in total. The van der Waals surface area contributed by atoms with Crippen LogP contribution in [0.1, 0.15) is 10.4 Å². The molecule has 0 radical (unpaired) electrons. The fraction of sp³-hybridized carbons (Fsp3) is 0.286. The number of nitrogen functional groups attached to an aromatic ring is 1. The van der Waals surface area contributed by atoms with Crippen LogP contribution in [-0.4, -0.2) is 30.0 Å². The molecule has 0 atom stereocenters. The van der Waals surface area contributed by atoms with Crippen molar-refractivity contribution in [3.8, 4) is 0 Å². The Balaban J connectivity index is 3.22. The number of aromatic nitrogens is 2. The van der Waals surface area contributed by atoms with Crippen molar-refractivity contribution in [3.05, 3.63) is 11.9 Å². The molecule has 1 aromatic heterocycles. The minimum atomic E-state index is -0.303. The van der Waals surface area contributed by atoms with Crippen LogP contribution in [0.4, 0.5) is 11.6 Å². The van der Waals surface area contributed by atoms with Crippen LogP contribution in [0.2, 0.25) is 0 Å². The summed E-state index contributed by atoms with van der Waals surface area (Å²) in [5, 5.41) is 5.22. The van der Waals surface area contributed by atoms with E-state index in [-0.39, 0.29) is 17.3 Å². The van der Waals surface area contributed by atoms with E-state index >= 15 is 0 Å². The Kier molecular flexibility index (Phi) is 2.63. The second kappa shape index (κ2) is 3.70. The van der Waals surface area contributed by atoms with Crippen molar-refractivity contribution >= 4 is 17.5 Å². The molecular formula is C7H11N5O. The average Bonchev–Trinajstić information content (AvgIpc) is 2.16. The monoisotopic (exact) mass is 181 g/mol. The number of hydrogen-bond acceptors (Lipinski definition) is 5. The lowest BCUT2D eigenvalue weighted by molar-refractivity contribution is 0.0964. The van der Waals surface area contributed by atoms with Crippen molar-refractivity contribution in [2.24, 2.45) is 0 Å². The van der Waals surface area contributed by atoms with E-state index < -0.39 is 0 Å². The summed E-state index contributed by atoms with van der Waals surface area (Å²) in [4.78, 5) is 18.9. The molecule has 6 heteroatoms. The highest BCUT2D eigenvalue weighted by atomic mass is 16.1. The molecule has 0 aliphatic carbocycles. The van der Waals surface area contributed by atoms with Gasteiger partial charge in [0, 0.05) is 14.1 Å². The Labute approximate surface area is 75.6 Å². The quantitative estimate of drug-likeness (QED) is 0.569. The Morgan fingerprint density at radius 2 is 2.15 bits per heavy atom. The average molecular weight is 181 g/mol. The fourth-order valence-corrected chi connectivity index (χ4v) is 0.938. The summed E-state index contributed by atoms with van der Waals surface area (Å²) < 4.78 is 0. The van der Waals surface area contributed by atoms with Crippen LogP contribution in [0.25, 0.3) is 0 Å². The Morgan fingerprint density at radius 1 is 1.46 bits per heavy atom. The van der Waals surface area contributed by atoms with Gasteiger partial charge in [-0.05, 0) is 0 Å². The first-order valence-electron chi connectivity index (χ1n) is 3.71. The number of carbonyl (C=O) groups excluding carboxylic acids is 1. The van der Waals surface area contributed by atoms with E-state index in [2.05, 4.69) is 20.6 Å². The van der Waals surface area contributed by atoms with Gasteiger partial charge in [-0.25, -0.2) is 9.97 Å². The topological polar surface area (TPSA) is 92.9 Å². The van der Waals surface area contributed by atoms with Crippen LogP contribution in [-0.2, 0) is 0 Å². The molecule has 0 aromatic carbocycles. The zero-order chi connectivity index (χ0) is 9.84. The van der Waals surface area contributed by atoms with Gasteiger partial charge in [0.1, 0.15) is 23.5 Å². The van der Waals surface area contributed by atoms with E-state index in [1.54, 1.807) is 7.05 Å². The Hall–Kier alpha value is -1.85. The number of carbonyl (C=O) groups is 1. The van der Waals surface area contributed by atoms with Crippen molar-refractivity contribution in [1.82, 2.24) is 15.3 Å². The summed E-state index contributed by atoms with van der Waals surface area (Å²) in [5.41, 5.74) is 5.79. The summed E-state index contributed by atoms with van der Waals surface area (Å²) in [6.07, 6.45) is 1.30. The van der Waals surface area contributed by atoms with E-state index in [9.17, 15) is 4.79 Å². The Morgan fingerprint density at radius 3 is 2.69 bits per heavy atom. The summed E-state index contributed by atoms with van der Waals surface area (Å²) in [6, 6.07) is 0. The van der Waals surface area contributed by atoms with Gasteiger partial charge in [-0.2, -0.15) is 0 Å². The number of nitrogens with one attached hydrogen (secondary N) is 2. The molecule has 13 heavy (non-hydrogen) atoms. The van der Waals surface area contributed by atoms with Crippen LogP contribution >= 0.6 is 0 Å². The molecule has 1 heterocycles. The molecule has 0 aliphatic heterocycles. The zero-order valence-electron chi connectivity index (χ0n) is 7.46. The lowest BCUT2D eigenvalue weighted by Gasteiger charge is -2.07. The molecule has 0 bridgehead atoms. The van der Waals surface area contributed by atoms with Gasteiger partial charge >= 0.3 is 0 Å². The predicted octanol–water partition coefficient (Wildman–Crippen LogP) is -0.540. The number of nitrogens with two attached hydrogens (primary N) is 1. The Bertz CT molecular complexity index is 325. The molecule has 0 saturated carbocycles. The molecule has 0 saturated heterocycles. The number of nitrogens with zero attached hydrogens (tertiary/aromatic N) is 2. The highest BCUT2D eigenvalue weighted by molar-refractivity contribution is 6.02. The lowest BCUT2D eigenvalue weighted by atomic mass is 10.2. The van der Waals surface area contributed by atoms with Gasteiger partial charge in [0.2, 0.25) is 0 Å². The zero-order valence-corrected chi connectivity index (χ0v) is 7.46.